The van der Waals surface area contributed by atoms with E-state index in [1.165, 1.54) is 143 Å². The van der Waals surface area contributed by atoms with E-state index in [9.17, 15) is 0 Å². The first-order chi connectivity index (χ1) is 54.6. The number of furan rings is 2. The van der Waals surface area contributed by atoms with Crippen molar-refractivity contribution >= 4 is 153 Å². The Morgan fingerprint density at radius 2 is 0.518 bits per heavy atom. The first-order valence-corrected chi connectivity index (χ1v) is 37.7. The summed E-state index contributed by atoms with van der Waals surface area (Å²) in [4.78, 5) is 0. The Balaban J connectivity index is 0.000000132. The average molecular weight is 1400 g/mol. The van der Waals surface area contributed by atoms with E-state index in [0.29, 0.717) is 0 Å². The van der Waals surface area contributed by atoms with Gasteiger partial charge in [0.25, 0.3) is 0 Å². The highest BCUT2D eigenvalue weighted by Crippen LogP contribution is 2.47. The Kier molecular flexibility index (Phi) is 13.7. The van der Waals surface area contributed by atoms with Gasteiger partial charge in [0.15, 0.2) is 5.58 Å². The Hall–Kier alpha value is -14.7. The van der Waals surface area contributed by atoms with Gasteiger partial charge < -0.3 is 27.1 Å². The molecule has 0 saturated heterocycles. The van der Waals surface area contributed by atoms with Gasteiger partial charge in [0, 0.05) is 81.4 Å². The van der Waals surface area contributed by atoms with Crippen LogP contribution in [0.5, 0.6) is 0 Å². The van der Waals surface area contributed by atoms with E-state index in [1.54, 1.807) is 0 Å². The molecule has 0 aliphatic carbocycles. The molecule has 0 aliphatic heterocycles. The molecule has 512 valence electrons. The Morgan fingerprint density at radius 1 is 0.173 bits per heavy atom. The summed E-state index contributed by atoms with van der Waals surface area (Å²) in [6.07, 6.45) is 0. The van der Waals surface area contributed by atoms with Gasteiger partial charge in [-0.3, -0.25) is 0 Å². The summed E-state index contributed by atoms with van der Waals surface area (Å²) >= 11 is 0. The number of aromatic nitrogens is 4. The predicted octanol–water partition coefficient (Wildman–Crippen LogP) is 28.5. The first-order valence-electron chi connectivity index (χ1n) is 37.7. The molecule has 6 heteroatoms. The molecule has 24 rings (SSSR count). The van der Waals surface area contributed by atoms with Crippen LogP contribution in [0.1, 0.15) is 0 Å². The number of nitrogens with zero attached hydrogens (tertiary/aromatic N) is 4. The van der Waals surface area contributed by atoms with Gasteiger partial charge >= 0.3 is 0 Å². The highest BCUT2D eigenvalue weighted by molar-refractivity contribution is 6.26. The topological polar surface area (TPSA) is 46.0 Å². The van der Waals surface area contributed by atoms with Crippen molar-refractivity contribution in [3.05, 3.63) is 388 Å². The van der Waals surface area contributed by atoms with Crippen molar-refractivity contribution in [1.29, 1.82) is 0 Å². The Labute approximate surface area is 631 Å². The summed E-state index contributed by atoms with van der Waals surface area (Å²) in [6.45, 7) is 0. The molecule has 18 aromatic carbocycles. The van der Waals surface area contributed by atoms with Crippen molar-refractivity contribution in [3.63, 3.8) is 0 Å². The van der Waals surface area contributed by atoms with Crippen LogP contribution in [0.3, 0.4) is 0 Å². The third kappa shape index (κ3) is 9.49. The van der Waals surface area contributed by atoms with Crippen molar-refractivity contribution in [2.75, 3.05) is 0 Å². The second-order valence-electron chi connectivity index (χ2n) is 29.0. The summed E-state index contributed by atoms with van der Waals surface area (Å²) in [6, 6.07) is 140. The van der Waals surface area contributed by atoms with E-state index < -0.39 is 0 Å². The molecular formula is C104H64N4O2. The van der Waals surface area contributed by atoms with Crippen molar-refractivity contribution in [3.8, 4) is 67.3 Å². The zero-order valence-corrected chi connectivity index (χ0v) is 59.6. The van der Waals surface area contributed by atoms with E-state index >= 15 is 0 Å². The SMILES string of the molecule is c1ccc(-c2ccc(-n3c4ccc(-c5ccc6c(c5)c5ccccc5n6-c5cccc6ccccc56)cc4c4ccc5c6ccccc6oc5c43)cc2)cc1.c1ccc(-c2ccc(-n3c4ccc(-c5ccc6c(c5)c5ccccc5n6-c5cccc6ccccc56)cc4c4ccc5oc6ccccc6c5c43)cc2)cc1. The van der Waals surface area contributed by atoms with E-state index in [0.717, 1.165) is 77.3 Å². The molecule has 0 unspecified atom stereocenters. The lowest BCUT2D eigenvalue weighted by molar-refractivity contribution is 0.669. The molecule has 6 aromatic heterocycles. The highest BCUT2D eigenvalue weighted by Gasteiger charge is 2.25. The summed E-state index contributed by atoms with van der Waals surface area (Å²) in [5, 5.41) is 19.3. The van der Waals surface area contributed by atoms with Crippen LogP contribution in [-0.4, -0.2) is 18.3 Å². The lowest BCUT2D eigenvalue weighted by Crippen LogP contribution is -1.95. The zero-order chi connectivity index (χ0) is 72.1. The second-order valence-corrected chi connectivity index (χ2v) is 29.0. The van der Waals surface area contributed by atoms with Crippen molar-refractivity contribution in [2.45, 2.75) is 0 Å². The molecule has 0 spiro atoms. The average Bonchev–Trinajstić information content (AvgIpc) is 1.57. The van der Waals surface area contributed by atoms with Crippen LogP contribution in [-0.2, 0) is 0 Å². The molecule has 0 saturated carbocycles. The highest BCUT2D eigenvalue weighted by atomic mass is 16.3. The van der Waals surface area contributed by atoms with Crippen LogP contribution < -0.4 is 0 Å². The van der Waals surface area contributed by atoms with Crippen LogP contribution in [0, 0.1) is 0 Å². The fraction of sp³-hybridized carbons (Fsp3) is 0. The molecule has 0 amide bonds. The minimum Gasteiger partial charge on any atom is -0.456 e. The van der Waals surface area contributed by atoms with Gasteiger partial charge in [-0.05, 0) is 183 Å². The van der Waals surface area contributed by atoms with Gasteiger partial charge in [-0.25, -0.2) is 0 Å². The van der Waals surface area contributed by atoms with E-state index in [1.807, 2.05) is 12.1 Å². The van der Waals surface area contributed by atoms with Crippen molar-refractivity contribution < 1.29 is 8.83 Å². The maximum absolute atomic E-state index is 6.70. The number of hydrogen-bond donors (Lipinski definition) is 0. The van der Waals surface area contributed by atoms with E-state index in [4.69, 9.17) is 8.83 Å². The molecule has 0 N–H and O–H groups in total. The molecule has 0 atom stereocenters. The van der Waals surface area contributed by atoms with Gasteiger partial charge in [-0.1, -0.05) is 261 Å². The summed E-state index contributed by atoms with van der Waals surface area (Å²) in [5.41, 5.74) is 27.1. The van der Waals surface area contributed by atoms with Gasteiger partial charge in [0.1, 0.15) is 16.7 Å². The van der Waals surface area contributed by atoms with Gasteiger partial charge in [0.2, 0.25) is 0 Å². The van der Waals surface area contributed by atoms with Crippen LogP contribution >= 0.6 is 0 Å². The standard InChI is InChI=1S/2C52H32N2O/c1-2-11-33(12-3-1)34-21-25-38(26-22-34)53-48-29-23-37(32-45(48)42-27-28-43-41-17-7-9-20-50(41)55-52(43)51(42)53)36-24-30-49-44(31-36)40-16-6-8-18-47(40)54(49)46-19-10-14-35-13-4-5-15-39(35)46;1-2-11-33(12-3-1)34-21-25-38(26-22-34)53-47-28-23-37(32-44(47)41-27-30-50-51(52(41)53)42-17-7-9-20-49(42)55-50)36-24-29-48-43(31-36)40-16-6-8-18-46(40)54(48)45-19-10-14-35-13-4-5-15-39(35)45/h2*1-32H. The van der Waals surface area contributed by atoms with E-state index in [2.05, 4.69) is 394 Å². The number of fused-ring (bicyclic) bond motifs is 22. The third-order valence-electron chi connectivity index (χ3n) is 23.0. The van der Waals surface area contributed by atoms with Gasteiger partial charge in [0.05, 0.1) is 60.9 Å². The molecule has 6 nitrogen and oxygen atoms in total. The maximum Gasteiger partial charge on any atom is 0.160 e. The Bertz CT molecular complexity index is 7860. The number of para-hydroxylation sites is 4. The van der Waals surface area contributed by atoms with Crippen molar-refractivity contribution in [2.24, 2.45) is 0 Å². The largest absolute Gasteiger partial charge is 0.456 e. The number of benzene rings is 18. The smallest absolute Gasteiger partial charge is 0.160 e. The summed E-state index contributed by atoms with van der Waals surface area (Å²) in [5.74, 6) is 0. The number of rotatable bonds is 8. The summed E-state index contributed by atoms with van der Waals surface area (Å²) < 4.78 is 22.8. The fourth-order valence-electron chi connectivity index (χ4n) is 18.0. The second kappa shape index (κ2) is 24.4. The maximum atomic E-state index is 6.70. The number of hydrogen-bond acceptors (Lipinski definition) is 2. The van der Waals surface area contributed by atoms with Crippen LogP contribution in [0.25, 0.3) is 220 Å². The first kappa shape index (κ1) is 61.6. The molecule has 24 aromatic rings. The monoisotopic (exact) mass is 1400 g/mol. The zero-order valence-electron chi connectivity index (χ0n) is 59.6. The lowest BCUT2D eigenvalue weighted by atomic mass is 10.00. The quantitative estimate of drug-likeness (QED) is 0.152. The van der Waals surface area contributed by atoms with Crippen LogP contribution in [0.15, 0.2) is 397 Å². The molecule has 6 heterocycles. The van der Waals surface area contributed by atoms with Crippen molar-refractivity contribution in [1.82, 2.24) is 18.3 Å². The van der Waals surface area contributed by atoms with Crippen LogP contribution in [0.2, 0.25) is 0 Å². The predicted molar refractivity (Wildman–Crippen MR) is 462 cm³/mol. The van der Waals surface area contributed by atoms with Crippen LogP contribution in [0.4, 0.5) is 0 Å². The lowest BCUT2D eigenvalue weighted by Gasteiger charge is -2.12. The fourth-order valence-corrected chi connectivity index (χ4v) is 18.0. The van der Waals surface area contributed by atoms with E-state index in [-0.39, 0.29) is 0 Å². The third-order valence-corrected chi connectivity index (χ3v) is 23.0. The molecular weight excluding hydrogens is 1340 g/mol. The minimum absolute atomic E-state index is 0.895. The molecule has 110 heavy (non-hydrogen) atoms. The Morgan fingerprint density at radius 3 is 1.03 bits per heavy atom. The normalized spacial score (nSPS) is 12.0. The molecule has 0 bridgehead atoms. The molecule has 0 fully saturated rings. The van der Waals surface area contributed by atoms with Gasteiger partial charge in [-0.15, -0.1) is 0 Å². The molecule has 0 aliphatic rings. The molecule has 0 radical (unpaired) electrons. The minimum atomic E-state index is 0.895. The van der Waals surface area contributed by atoms with Gasteiger partial charge in [-0.2, -0.15) is 0 Å². The summed E-state index contributed by atoms with van der Waals surface area (Å²) in [7, 11) is 0.